The van der Waals surface area contributed by atoms with Crippen molar-refractivity contribution in [3.63, 3.8) is 0 Å². The molecule has 43 heavy (non-hydrogen) atoms. The van der Waals surface area contributed by atoms with Crippen LogP contribution in [-0.4, -0.2) is 80.4 Å². The van der Waals surface area contributed by atoms with Gasteiger partial charge in [-0.15, -0.1) is 0 Å². The molecular weight excluding hydrogens is 546 g/mol. The Bertz CT molecular complexity index is 972. The quantitative estimate of drug-likeness (QED) is 0.104. The minimum Gasteiger partial charge on any atom is -0.507 e. The number of hydrogen-bond donors (Lipinski definition) is 7. The van der Waals surface area contributed by atoms with Gasteiger partial charge >= 0.3 is 0 Å². The molecule has 0 radical (unpaired) electrons. The molecule has 0 amide bonds. The maximum absolute atomic E-state index is 11.2. The van der Waals surface area contributed by atoms with E-state index in [1.54, 1.807) is 7.05 Å². The predicted octanol–water partition coefficient (Wildman–Crippen LogP) is 4.85. The van der Waals surface area contributed by atoms with Gasteiger partial charge < -0.3 is 40.7 Å². The number of aliphatic hydroxyl groups excluding tert-OH is 5. The fourth-order valence-corrected chi connectivity index (χ4v) is 6.63. The molecule has 8 atom stereocenters. The number of benzene rings is 1. The Morgan fingerprint density at radius 3 is 2.05 bits per heavy atom. The van der Waals surface area contributed by atoms with E-state index in [1.165, 1.54) is 51.4 Å². The molecule has 0 spiro atoms. The molecule has 0 bridgehead atoms. The normalized spacial score (nSPS) is 21.8. The first kappa shape index (κ1) is 37.8. The smallest absolute Gasteiger partial charge is 0.127 e. The summed E-state index contributed by atoms with van der Waals surface area (Å²) in [5, 5.41) is 64.5. The van der Waals surface area contributed by atoms with E-state index < -0.39 is 37.1 Å². The summed E-state index contributed by atoms with van der Waals surface area (Å²) >= 11 is 0. The van der Waals surface area contributed by atoms with Crippen molar-refractivity contribution in [3.8, 4) is 11.5 Å². The summed E-state index contributed by atoms with van der Waals surface area (Å²) in [5.41, 5.74) is 2.90. The third-order valence-electron chi connectivity index (χ3n) is 10.0. The van der Waals surface area contributed by atoms with Crippen LogP contribution in [0.1, 0.15) is 121 Å². The summed E-state index contributed by atoms with van der Waals surface area (Å²) in [7, 11) is 1.63. The predicted molar refractivity (Wildman–Crippen MR) is 173 cm³/mol. The van der Waals surface area contributed by atoms with Gasteiger partial charge in [-0.05, 0) is 82.9 Å². The molecule has 2 rings (SSSR count). The lowest BCUT2D eigenvalue weighted by Gasteiger charge is -2.39. The largest absolute Gasteiger partial charge is 0.507 e. The second kappa shape index (κ2) is 17.9. The van der Waals surface area contributed by atoms with Crippen molar-refractivity contribution < 1.29 is 35.4 Å². The molecule has 250 valence electrons. The van der Waals surface area contributed by atoms with Gasteiger partial charge in [0, 0.05) is 17.2 Å². The van der Waals surface area contributed by atoms with Gasteiger partial charge in [0.1, 0.15) is 35.4 Å². The van der Waals surface area contributed by atoms with Crippen LogP contribution >= 0.6 is 0 Å². The lowest BCUT2D eigenvalue weighted by molar-refractivity contribution is -0.121. The maximum Gasteiger partial charge on any atom is 0.127 e. The van der Waals surface area contributed by atoms with Crippen molar-refractivity contribution >= 4 is 0 Å². The summed E-state index contributed by atoms with van der Waals surface area (Å²) in [4.78, 5) is 0. The van der Waals surface area contributed by atoms with Gasteiger partial charge in [0.05, 0.1) is 12.7 Å². The van der Waals surface area contributed by atoms with E-state index in [2.05, 4.69) is 33.0 Å². The van der Waals surface area contributed by atoms with Gasteiger partial charge in [-0.25, -0.2) is 0 Å². The molecule has 8 nitrogen and oxygen atoms in total. The van der Waals surface area contributed by atoms with E-state index >= 15 is 0 Å². The molecule has 0 saturated heterocycles. The third kappa shape index (κ3) is 10.6. The van der Waals surface area contributed by atoms with E-state index in [4.69, 9.17) is 9.84 Å². The van der Waals surface area contributed by atoms with Crippen molar-refractivity contribution in [2.45, 2.75) is 161 Å². The minimum absolute atomic E-state index is 0.148. The Balaban J connectivity index is 2.05. The molecule has 1 aromatic rings. The van der Waals surface area contributed by atoms with Crippen LogP contribution in [0, 0.1) is 25.7 Å². The lowest BCUT2D eigenvalue weighted by atomic mass is 9.81. The summed E-state index contributed by atoms with van der Waals surface area (Å²) in [6, 6.07) is -0.734. The molecule has 1 aliphatic rings. The standard InChI is InChI=1S/C35H63NO7/c1-8-9-10-13-22(2)14-11-15-23(3)16-12-18-35(6)19-17-26-27(30(39)24(4)25(5)34(26)43-35)20-28(36-7)31(40)33(42)32(41)29(38)21-37/h22-23,28-29,31-33,36-42H,8-21H2,1-7H3/t22?,23-,28?,29?,31?,32?,33?,35-/m1/s1. The van der Waals surface area contributed by atoms with Crippen molar-refractivity contribution in [1.29, 1.82) is 0 Å². The molecule has 0 aromatic heterocycles. The first-order valence-electron chi connectivity index (χ1n) is 16.8. The number of nitrogens with one attached hydrogen (secondary N) is 1. The molecule has 0 aliphatic carbocycles. The number of unbranched alkanes of at least 4 members (excludes halogenated alkanes) is 2. The number of ether oxygens (including phenoxy) is 1. The fourth-order valence-electron chi connectivity index (χ4n) is 6.63. The molecule has 1 heterocycles. The highest BCUT2D eigenvalue weighted by Crippen LogP contribution is 2.45. The highest BCUT2D eigenvalue weighted by molar-refractivity contribution is 5.59. The van der Waals surface area contributed by atoms with Crippen molar-refractivity contribution in [1.82, 2.24) is 5.32 Å². The summed E-state index contributed by atoms with van der Waals surface area (Å²) < 4.78 is 6.73. The zero-order valence-corrected chi connectivity index (χ0v) is 28.0. The highest BCUT2D eigenvalue weighted by Gasteiger charge is 2.38. The molecule has 6 unspecified atom stereocenters. The van der Waals surface area contributed by atoms with Crippen LogP contribution in [0.2, 0.25) is 0 Å². The third-order valence-corrected chi connectivity index (χ3v) is 10.0. The van der Waals surface area contributed by atoms with Gasteiger partial charge in [0.25, 0.3) is 0 Å². The first-order valence-corrected chi connectivity index (χ1v) is 16.8. The number of aromatic hydroxyl groups is 1. The first-order chi connectivity index (χ1) is 20.3. The van der Waals surface area contributed by atoms with E-state index in [9.17, 15) is 25.5 Å². The summed E-state index contributed by atoms with van der Waals surface area (Å²) in [5.74, 6) is 2.47. The van der Waals surface area contributed by atoms with Crippen LogP contribution in [0.3, 0.4) is 0 Å². The van der Waals surface area contributed by atoms with Gasteiger partial charge in [0.15, 0.2) is 0 Å². The number of likely N-dealkylation sites (N-methyl/N-ethyl adjacent to an activating group) is 1. The molecule has 8 heteroatoms. The average Bonchev–Trinajstić information content (AvgIpc) is 2.98. The number of phenols is 1. The topological polar surface area (TPSA) is 143 Å². The van der Waals surface area contributed by atoms with E-state index in [1.807, 2.05) is 13.8 Å². The van der Waals surface area contributed by atoms with Gasteiger partial charge in [-0.3, -0.25) is 0 Å². The van der Waals surface area contributed by atoms with Crippen LogP contribution in [0.4, 0.5) is 0 Å². The number of hydrogen-bond acceptors (Lipinski definition) is 8. The minimum atomic E-state index is -1.72. The van der Waals surface area contributed by atoms with Crippen LogP contribution in [0.25, 0.3) is 0 Å². The Morgan fingerprint density at radius 1 is 0.860 bits per heavy atom. The highest BCUT2D eigenvalue weighted by atomic mass is 16.5. The lowest BCUT2D eigenvalue weighted by Crippen LogP contribution is -2.53. The van der Waals surface area contributed by atoms with E-state index in [0.717, 1.165) is 54.0 Å². The molecule has 7 N–H and O–H groups in total. The van der Waals surface area contributed by atoms with Crippen LogP contribution in [0.15, 0.2) is 0 Å². The van der Waals surface area contributed by atoms with Crippen LogP contribution < -0.4 is 10.1 Å². The van der Waals surface area contributed by atoms with Gasteiger partial charge in [-0.1, -0.05) is 72.1 Å². The zero-order chi connectivity index (χ0) is 32.3. The average molecular weight is 610 g/mol. The molecule has 1 aliphatic heterocycles. The zero-order valence-electron chi connectivity index (χ0n) is 28.0. The van der Waals surface area contributed by atoms with Gasteiger partial charge in [-0.2, -0.15) is 0 Å². The van der Waals surface area contributed by atoms with E-state index in [-0.39, 0.29) is 17.8 Å². The second-order valence-electron chi connectivity index (χ2n) is 13.8. The molecule has 1 aromatic carbocycles. The Labute approximate surface area is 260 Å². The maximum atomic E-state index is 11.2. The second-order valence-corrected chi connectivity index (χ2v) is 13.8. The number of fused-ring (bicyclic) bond motifs is 1. The number of phenolic OH excluding ortho intramolecular Hbond substituents is 1. The Morgan fingerprint density at radius 2 is 1.47 bits per heavy atom. The molecule has 0 saturated carbocycles. The Hall–Kier alpha value is -1.42. The fraction of sp³-hybridized carbons (Fsp3) is 0.829. The number of aliphatic hydroxyl groups is 5. The monoisotopic (exact) mass is 609 g/mol. The number of rotatable bonds is 20. The van der Waals surface area contributed by atoms with Crippen LogP contribution in [0.5, 0.6) is 11.5 Å². The van der Waals surface area contributed by atoms with E-state index in [0.29, 0.717) is 11.5 Å². The summed E-state index contributed by atoms with van der Waals surface area (Å²) in [6.07, 6.45) is 7.80. The van der Waals surface area contributed by atoms with Crippen LogP contribution in [-0.2, 0) is 12.8 Å². The van der Waals surface area contributed by atoms with Crippen molar-refractivity contribution in [3.05, 3.63) is 22.3 Å². The van der Waals surface area contributed by atoms with Crippen molar-refractivity contribution in [2.75, 3.05) is 13.7 Å². The summed E-state index contributed by atoms with van der Waals surface area (Å²) in [6.45, 7) is 12.3. The Kier molecular flexibility index (Phi) is 15.7. The molecule has 0 fully saturated rings. The molecular formula is C35H63NO7. The SMILES string of the molecule is CCCCCC(C)CCC[C@@H](C)CCC[C@]1(C)CCc2c(CC(NC)C(O)C(O)C(O)C(O)CO)c(O)c(C)c(C)c2O1. The van der Waals surface area contributed by atoms with Gasteiger partial charge in [0.2, 0.25) is 0 Å². The van der Waals surface area contributed by atoms with Crippen molar-refractivity contribution in [2.24, 2.45) is 11.8 Å².